The number of benzene rings is 2. The molecule has 0 spiro atoms. The monoisotopic (exact) mass is 590 g/mol. The van der Waals surface area contributed by atoms with Gasteiger partial charge in [-0.2, -0.15) is 0 Å². The number of hydrogen-bond donors (Lipinski definition) is 1. The van der Waals surface area contributed by atoms with Crippen molar-refractivity contribution in [3.8, 4) is 0 Å². The lowest BCUT2D eigenvalue weighted by molar-refractivity contribution is 0.104. The third kappa shape index (κ3) is 4.26. The van der Waals surface area contributed by atoms with E-state index in [0.29, 0.717) is 12.0 Å². The Balaban J connectivity index is 1.72. The van der Waals surface area contributed by atoms with Crippen molar-refractivity contribution in [3.63, 3.8) is 0 Å². The van der Waals surface area contributed by atoms with Gasteiger partial charge in [0.15, 0.2) is 0 Å². The van der Waals surface area contributed by atoms with Gasteiger partial charge in [-0.1, -0.05) is 65.5 Å². The molecule has 0 atom stereocenters. The lowest BCUT2D eigenvalue weighted by Crippen LogP contribution is -2.01. The van der Waals surface area contributed by atoms with E-state index in [1.54, 1.807) is 6.92 Å². The number of ketones is 1. The molecule has 0 radical (unpaired) electrons. The zero-order valence-electron chi connectivity index (χ0n) is 17.6. The molecule has 182 valence electrons. The molecule has 2 aliphatic rings. The number of aliphatic hydroxyl groups is 1. The van der Waals surface area contributed by atoms with Gasteiger partial charge < -0.3 is 5.11 Å². The Bertz CT molecular complexity index is 1660. The summed E-state index contributed by atoms with van der Waals surface area (Å²) < 4.78 is 51.5. The summed E-state index contributed by atoms with van der Waals surface area (Å²) in [5.41, 5.74) is 0.436. The van der Waals surface area contributed by atoms with Gasteiger partial charge in [-0.15, -0.1) is 0 Å². The van der Waals surface area contributed by atoms with Crippen LogP contribution in [0.1, 0.15) is 29.3 Å². The lowest BCUT2D eigenvalue weighted by Gasteiger charge is -2.02. The van der Waals surface area contributed by atoms with Gasteiger partial charge in [0, 0.05) is 11.1 Å². The molecule has 12 heteroatoms. The molecule has 1 N–H and O–H groups in total. The first-order valence-corrected chi connectivity index (χ1v) is 14.3. The highest BCUT2D eigenvalue weighted by Gasteiger charge is 2.39. The maximum absolute atomic E-state index is 12.9. The van der Waals surface area contributed by atoms with Gasteiger partial charge >= 0.3 is 0 Å². The maximum atomic E-state index is 12.9. The topological polar surface area (TPSA) is 106 Å². The molecule has 4 rings (SSSR count). The van der Waals surface area contributed by atoms with E-state index < -0.39 is 36.1 Å². The van der Waals surface area contributed by atoms with Crippen LogP contribution in [0.2, 0.25) is 20.1 Å². The van der Waals surface area contributed by atoms with Gasteiger partial charge in [-0.3, -0.25) is 4.79 Å². The van der Waals surface area contributed by atoms with Crippen molar-refractivity contribution in [1.29, 1.82) is 0 Å². The van der Waals surface area contributed by atoms with Crippen LogP contribution in [0.15, 0.2) is 73.7 Å². The molecule has 0 amide bonds. The number of allylic oxidation sites excluding steroid dienone is 6. The maximum Gasteiger partial charge on any atom is 0.211 e. The van der Waals surface area contributed by atoms with Crippen molar-refractivity contribution < 1.29 is 26.7 Å². The number of sulfone groups is 2. The van der Waals surface area contributed by atoms with Gasteiger partial charge in [0.2, 0.25) is 25.5 Å². The van der Waals surface area contributed by atoms with Crippen molar-refractivity contribution in [2.75, 3.05) is 0 Å². The molecule has 0 aromatic heterocycles. The Morgan fingerprint density at radius 3 is 1.94 bits per heavy atom. The van der Waals surface area contributed by atoms with E-state index in [1.807, 2.05) is 0 Å². The van der Waals surface area contributed by atoms with E-state index in [0.717, 1.165) is 12.1 Å². The fourth-order valence-electron chi connectivity index (χ4n) is 3.61. The van der Waals surface area contributed by atoms with Crippen molar-refractivity contribution in [1.82, 2.24) is 0 Å². The van der Waals surface area contributed by atoms with Crippen molar-refractivity contribution in [2.45, 2.75) is 23.1 Å². The molecule has 0 aliphatic carbocycles. The SMILES string of the molecule is CCC(C=CC1=C(O)c2cc(Cl)c(Cl)cc2S1(=O)=O)=CC=C1C(=O)c2cc(Cl)c(Cl)cc2S1(=O)=O. The highest BCUT2D eigenvalue weighted by molar-refractivity contribution is 7.97. The molecule has 0 unspecified atom stereocenters. The second-order valence-corrected chi connectivity index (χ2v) is 12.9. The molecular formula is C23H14Cl4O6S2. The largest absolute Gasteiger partial charge is 0.506 e. The highest BCUT2D eigenvalue weighted by Crippen LogP contribution is 2.42. The predicted octanol–water partition coefficient (Wildman–Crippen LogP) is 6.76. The summed E-state index contributed by atoms with van der Waals surface area (Å²) >= 11 is 23.7. The molecule has 2 aliphatic heterocycles. The molecule has 0 saturated carbocycles. The first-order chi connectivity index (χ1) is 16.3. The molecule has 35 heavy (non-hydrogen) atoms. The van der Waals surface area contributed by atoms with Crippen molar-refractivity contribution in [3.05, 3.63) is 95.2 Å². The smallest absolute Gasteiger partial charge is 0.211 e. The lowest BCUT2D eigenvalue weighted by atomic mass is 10.1. The second kappa shape index (κ2) is 9.10. The first kappa shape index (κ1) is 26.0. The fourth-order valence-corrected chi connectivity index (χ4v) is 7.51. The average Bonchev–Trinajstić information content (AvgIpc) is 3.08. The number of aliphatic hydroxyl groups excluding tert-OH is 1. The van der Waals surface area contributed by atoms with Crippen LogP contribution in [0.5, 0.6) is 0 Å². The van der Waals surface area contributed by atoms with E-state index in [-0.39, 0.29) is 45.9 Å². The van der Waals surface area contributed by atoms with Gasteiger partial charge in [0.1, 0.15) is 15.6 Å². The summed E-state index contributed by atoms with van der Waals surface area (Å²) in [5.74, 6) is -1.21. The highest BCUT2D eigenvalue weighted by atomic mass is 35.5. The Hall–Kier alpha value is -2.07. The number of halogens is 4. The van der Waals surface area contributed by atoms with E-state index in [4.69, 9.17) is 46.4 Å². The fraction of sp³-hybridized carbons (Fsp3) is 0.0870. The predicted molar refractivity (Wildman–Crippen MR) is 137 cm³/mol. The molecule has 2 heterocycles. The molecule has 2 aromatic rings. The molecule has 0 saturated heterocycles. The standard InChI is InChI=1S/C23H14Cl4O6S2/c1-2-11(3-5-18-22(28)12-7-14(24)16(26)9-20(12)34(18,30)31)4-6-19-23(29)13-8-15(25)17(27)10-21(13)35(19,32)33/h3-10,28H,2H2,1H3. The van der Waals surface area contributed by atoms with Gasteiger partial charge in [-0.05, 0) is 48.4 Å². The molecule has 0 bridgehead atoms. The summed E-state index contributed by atoms with van der Waals surface area (Å²) in [7, 11) is -8.17. The van der Waals surface area contributed by atoms with Crippen LogP contribution in [0, 0.1) is 0 Å². The molecule has 6 nitrogen and oxygen atoms in total. The van der Waals surface area contributed by atoms with Crippen LogP contribution < -0.4 is 0 Å². The third-order valence-corrected chi connectivity index (χ3v) is 10.6. The van der Waals surface area contributed by atoms with Crippen LogP contribution in [-0.4, -0.2) is 27.7 Å². The first-order valence-electron chi connectivity index (χ1n) is 9.86. The number of hydrogen-bond acceptors (Lipinski definition) is 6. The molecule has 0 fully saturated rings. The quantitative estimate of drug-likeness (QED) is 0.311. The number of fused-ring (bicyclic) bond motifs is 2. The summed E-state index contributed by atoms with van der Waals surface area (Å²) in [4.78, 5) is 11.5. The van der Waals surface area contributed by atoms with E-state index in [9.17, 15) is 26.7 Å². The Labute approximate surface area is 221 Å². The number of Topliss-reactive ketones (excluding diaryl/α,β-unsaturated/α-hetero) is 1. The minimum atomic E-state index is -4.11. The van der Waals surface area contributed by atoms with Crippen LogP contribution in [0.3, 0.4) is 0 Å². The van der Waals surface area contributed by atoms with Crippen LogP contribution >= 0.6 is 46.4 Å². The van der Waals surface area contributed by atoms with Crippen LogP contribution in [0.25, 0.3) is 5.76 Å². The normalized spacial score (nSPS) is 19.6. The van der Waals surface area contributed by atoms with Crippen molar-refractivity contribution >= 4 is 77.6 Å². The van der Waals surface area contributed by atoms with Crippen molar-refractivity contribution in [2.24, 2.45) is 0 Å². The Kier molecular flexibility index (Phi) is 6.76. The van der Waals surface area contributed by atoms with Crippen LogP contribution in [0.4, 0.5) is 0 Å². The average molecular weight is 592 g/mol. The van der Waals surface area contributed by atoms with Gasteiger partial charge in [-0.25, -0.2) is 16.8 Å². The summed E-state index contributed by atoms with van der Waals surface area (Å²) in [6.07, 6.45) is 5.49. The summed E-state index contributed by atoms with van der Waals surface area (Å²) in [6, 6.07) is 4.77. The Morgan fingerprint density at radius 2 is 1.37 bits per heavy atom. The number of carbonyl (C=O) groups is 1. The minimum absolute atomic E-state index is 0.00481. The number of rotatable bonds is 4. The van der Waals surface area contributed by atoms with E-state index in [1.165, 1.54) is 36.4 Å². The van der Waals surface area contributed by atoms with Crippen LogP contribution in [-0.2, 0) is 19.7 Å². The third-order valence-electron chi connectivity index (χ3n) is 5.47. The van der Waals surface area contributed by atoms with E-state index in [2.05, 4.69) is 0 Å². The zero-order chi connectivity index (χ0) is 25.9. The molecular weight excluding hydrogens is 578 g/mol. The Morgan fingerprint density at radius 1 is 0.857 bits per heavy atom. The van der Waals surface area contributed by atoms with Gasteiger partial charge in [0.25, 0.3) is 0 Å². The van der Waals surface area contributed by atoms with Gasteiger partial charge in [0.05, 0.1) is 29.9 Å². The number of carbonyl (C=O) groups excluding carboxylic acids is 1. The minimum Gasteiger partial charge on any atom is -0.506 e. The zero-order valence-corrected chi connectivity index (χ0v) is 22.3. The van der Waals surface area contributed by atoms with E-state index >= 15 is 0 Å². The summed E-state index contributed by atoms with van der Waals surface area (Å²) in [6.45, 7) is 1.75. The molecule has 2 aromatic carbocycles. The summed E-state index contributed by atoms with van der Waals surface area (Å²) in [5, 5.41) is 10.7. The second-order valence-electron chi connectivity index (χ2n) is 7.53.